The molecule has 0 amide bonds. The lowest BCUT2D eigenvalue weighted by molar-refractivity contribution is 0.0967. The zero-order chi connectivity index (χ0) is 9.26. The lowest BCUT2D eigenvalue weighted by Crippen LogP contribution is -2.14. The summed E-state index contributed by atoms with van der Waals surface area (Å²) in [5.74, 6) is 0. The summed E-state index contributed by atoms with van der Waals surface area (Å²) in [5, 5.41) is 0. The predicted molar refractivity (Wildman–Crippen MR) is 53.3 cm³/mol. The number of aromatic amines is 1. The van der Waals surface area contributed by atoms with Crippen LogP contribution in [0, 0.1) is 11.7 Å². The molecule has 0 bridgehead atoms. The van der Waals surface area contributed by atoms with Gasteiger partial charge in [0, 0.05) is 18.5 Å². The van der Waals surface area contributed by atoms with Crippen LogP contribution in [0.3, 0.4) is 0 Å². The minimum Gasteiger partial charge on any atom is -0.376 e. The van der Waals surface area contributed by atoms with Crippen molar-refractivity contribution in [2.75, 3.05) is 6.61 Å². The van der Waals surface area contributed by atoms with E-state index in [-0.39, 0.29) is 0 Å². The molecule has 1 atom stereocenters. The molecular formula is C9H14N2OS. The largest absolute Gasteiger partial charge is 0.376 e. The van der Waals surface area contributed by atoms with Crippen LogP contribution in [0.5, 0.6) is 0 Å². The molecule has 1 saturated heterocycles. The SMILES string of the molecule is Cc1cn(CC2CCCO2)c(=S)[nH]1. The Morgan fingerprint density at radius 3 is 3.15 bits per heavy atom. The van der Waals surface area contributed by atoms with Crippen LogP contribution >= 0.6 is 12.2 Å². The Bertz CT molecular complexity index is 336. The van der Waals surface area contributed by atoms with Crippen LogP contribution in [0.4, 0.5) is 0 Å². The molecule has 72 valence electrons. The number of hydrogen-bond acceptors (Lipinski definition) is 2. The molecule has 2 heterocycles. The maximum atomic E-state index is 5.54. The van der Waals surface area contributed by atoms with Crippen LogP contribution in [-0.2, 0) is 11.3 Å². The molecule has 3 nitrogen and oxygen atoms in total. The van der Waals surface area contributed by atoms with Crippen molar-refractivity contribution in [2.45, 2.75) is 32.4 Å². The molecule has 1 unspecified atom stereocenters. The first-order valence-electron chi connectivity index (χ1n) is 4.63. The number of nitrogens with zero attached hydrogens (tertiary/aromatic N) is 1. The van der Waals surface area contributed by atoms with Crippen molar-refractivity contribution < 1.29 is 4.74 Å². The van der Waals surface area contributed by atoms with E-state index in [0.29, 0.717) is 6.10 Å². The molecule has 0 radical (unpaired) electrons. The zero-order valence-electron chi connectivity index (χ0n) is 7.75. The van der Waals surface area contributed by atoms with Crippen molar-refractivity contribution in [1.82, 2.24) is 9.55 Å². The summed E-state index contributed by atoms with van der Waals surface area (Å²) in [7, 11) is 0. The Balaban J connectivity index is 2.08. The van der Waals surface area contributed by atoms with Gasteiger partial charge < -0.3 is 14.3 Å². The molecular weight excluding hydrogens is 184 g/mol. The number of aromatic nitrogens is 2. The quantitative estimate of drug-likeness (QED) is 0.737. The molecule has 0 aliphatic carbocycles. The van der Waals surface area contributed by atoms with E-state index in [1.165, 1.54) is 6.42 Å². The Labute approximate surface area is 82.7 Å². The highest BCUT2D eigenvalue weighted by molar-refractivity contribution is 7.71. The van der Waals surface area contributed by atoms with Gasteiger partial charge in [0.05, 0.1) is 12.6 Å². The smallest absolute Gasteiger partial charge is 0.177 e. The van der Waals surface area contributed by atoms with E-state index in [2.05, 4.69) is 9.55 Å². The van der Waals surface area contributed by atoms with Crippen LogP contribution in [0.15, 0.2) is 6.20 Å². The molecule has 1 aliphatic rings. The summed E-state index contributed by atoms with van der Waals surface area (Å²) in [5.41, 5.74) is 1.11. The van der Waals surface area contributed by atoms with Crippen molar-refractivity contribution in [3.63, 3.8) is 0 Å². The first-order valence-corrected chi connectivity index (χ1v) is 5.04. The molecule has 1 N–H and O–H groups in total. The van der Waals surface area contributed by atoms with Crippen molar-refractivity contribution in [2.24, 2.45) is 0 Å². The van der Waals surface area contributed by atoms with Crippen LogP contribution in [0.25, 0.3) is 0 Å². The van der Waals surface area contributed by atoms with Gasteiger partial charge in [-0.15, -0.1) is 0 Å². The predicted octanol–water partition coefficient (Wildman–Crippen LogP) is 2.03. The second kappa shape index (κ2) is 3.64. The average Bonchev–Trinajstić information content (AvgIpc) is 2.63. The van der Waals surface area contributed by atoms with Crippen LogP contribution in [-0.4, -0.2) is 22.3 Å². The van der Waals surface area contributed by atoms with Crippen molar-refractivity contribution in [1.29, 1.82) is 0 Å². The zero-order valence-corrected chi connectivity index (χ0v) is 8.56. The van der Waals surface area contributed by atoms with Gasteiger partial charge in [-0.05, 0) is 32.0 Å². The summed E-state index contributed by atoms with van der Waals surface area (Å²) in [6, 6.07) is 0. The van der Waals surface area contributed by atoms with Gasteiger partial charge in [0.15, 0.2) is 4.77 Å². The number of aryl methyl sites for hydroxylation is 1. The average molecular weight is 198 g/mol. The maximum Gasteiger partial charge on any atom is 0.177 e. The van der Waals surface area contributed by atoms with Crippen LogP contribution < -0.4 is 0 Å². The summed E-state index contributed by atoms with van der Waals surface area (Å²) >= 11 is 5.16. The van der Waals surface area contributed by atoms with Gasteiger partial charge in [-0.1, -0.05) is 0 Å². The van der Waals surface area contributed by atoms with Gasteiger partial charge >= 0.3 is 0 Å². The number of ether oxygens (including phenoxy) is 1. The monoisotopic (exact) mass is 198 g/mol. The van der Waals surface area contributed by atoms with Gasteiger partial charge in [-0.3, -0.25) is 0 Å². The molecule has 1 fully saturated rings. The normalized spacial score (nSPS) is 22.4. The standard InChI is InChI=1S/C9H14N2OS/c1-7-5-11(9(13)10-7)6-8-3-2-4-12-8/h5,8H,2-4,6H2,1H3,(H,10,13). The van der Waals surface area contributed by atoms with Crippen molar-refractivity contribution >= 4 is 12.2 Å². The topological polar surface area (TPSA) is 29.9 Å². The Kier molecular flexibility index (Phi) is 2.51. The third-order valence-corrected chi connectivity index (χ3v) is 2.68. The second-order valence-corrected chi connectivity index (χ2v) is 3.92. The summed E-state index contributed by atoms with van der Waals surface area (Å²) < 4.78 is 8.40. The second-order valence-electron chi connectivity index (χ2n) is 3.53. The number of H-pyrrole nitrogens is 1. The first kappa shape index (κ1) is 8.97. The Hall–Kier alpha value is -0.610. The molecule has 0 spiro atoms. The molecule has 13 heavy (non-hydrogen) atoms. The first-order chi connectivity index (χ1) is 6.25. The van der Waals surface area contributed by atoms with Gasteiger partial charge in [0.25, 0.3) is 0 Å². The number of nitrogens with one attached hydrogen (secondary N) is 1. The fourth-order valence-corrected chi connectivity index (χ4v) is 2.00. The van der Waals surface area contributed by atoms with E-state index < -0.39 is 0 Å². The minimum absolute atomic E-state index is 0.363. The summed E-state index contributed by atoms with van der Waals surface area (Å²) in [4.78, 5) is 3.10. The van der Waals surface area contributed by atoms with Gasteiger partial charge in [-0.25, -0.2) is 0 Å². The molecule has 0 saturated carbocycles. The minimum atomic E-state index is 0.363. The van der Waals surface area contributed by atoms with Crippen LogP contribution in [0.2, 0.25) is 0 Å². The van der Waals surface area contributed by atoms with Crippen LogP contribution in [0.1, 0.15) is 18.5 Å². The third kappa shape index (κ3) is 2.00. The van der Waals surface area contributed by atoms with Crippen molar-refractivity contribution in [3.8, 4) is 0 Å². The molecule has 1 aromatic rings. The van der Waals surface area contributed by atoms with Gasteiger partial charge in [0.1, 0.15) is 0 Å². The molecule has 2 rings (SSSR count). The highest BCUT2D eigenvalue weighted by atomic mass is 32.1. The van der Waals surface area contributed by atoms with E-state index in [4.69, 9.17) is 17.0 Å². The molecule has 0 aromatic carbocycles. The Morgan fingerprint density at radius 1 is 1.77 bits per heavy atom. The fourth-order valence-electron chi connectivity index (χ4n) is 1.71. The number of hydrogen-bond donors (Lipinski definition) is 1. The van der Waals surface area contributed by atoms with E-state index >= 15 is 0 Å². The lowest BCUT2D eigenvalue weighted by atomic mass is 10.2. The van der Waals surface area contributed by atoms with E-state index in [1.54, 1.807) is 0 Å². The van der Waals surface area contributed by atoms with E-state index in [1.807, 2.05) is 13.1 Å². The van der Waals surface area contributed by atoms with E-state index in [0.717, 1.165) is 30.0 Å². The van der Waals surface area contributed by atoms with Crippen molar-refractivity contribution in [3.05, 3.63) is 16.7 Å². The summed E-state index contributed by atoms with van der Waals surface area (Å²) in [6.07, 6.45) is 4.75. The lowest BCUT2D eigenvalue weighted by Gasteiger charge is -2.09. The maximum absolute atomic E-state index is 5.54. The number of rotatable bonds is 2. The van der Waals surface area contributed by atoms with Gasteiger partial charge in [-0.2, -0.15) is 0 Å². The highest BCUT2D eigenvalue weighted by Crippen LogP contribution is 2.14. The third-order valence-electron chi connectivity index (χ3n) is 2.34. The van der Waals surface area contributed by atoms with Gasteiger partial charge in [0.2, 0.25) is 0 Å². The molecule has 1 aromatic heterocycles. The Morgan fingerprint density at radius 2 is 2.62 bits per heavy atom. The molecule has 1 aliphatic heterocycles. The highest BCUT2D eigenvalue weighted by Gasteiger charge is 2.16. The number of imidazole rings is 1. The molecule has 4 heteroatoms. The fraction of sp³-hybridized carbons (Fsp3) is 0.667. The summed E-state index contributed by atoms with van der Waals surface area (Å²) in [6.45, 7) is 3.81. The van der Waals surface area contributed by atoms with E-state index in [9.17, 15) is 0 Å².